The van der Waals surface area contributed by atoms with Crippen LogP contribution in [0.3, 0.4) is 0 Å². The average molecular weight is 289 g/mol. The molecule has 0 unspecified atom stereocenters. The highest BCUT2D eigenvalue weighted by Crippen LogP contribution is 2.39. The molecule has 0 bridgehead atoms. The van der Waals surface area contributed by atoms with E-state index in [-0.39, 0.29) is 12.5 Å². The molecule has 1 fully saturated rings. The van der Waals surface area contributed by atoms with Gasteiger partial charge in [-0.3, -0.25) is 4.79 Å². The summed E-state index contributed by atoms with van der Waals surface area (Å²) in [5.41, 5.74) is 0. The van der Waals surface area contributed by atoms with Crippen molar-refractivity contribution in [3.05, 3.63) is 18.0 Å². The van der Waals surface area contributed by atoms with Crippen molar-refractivity contribution in [1.82, 2.24) is 10.1 Å². The molecule has 1 heterocycles. The van der Waals surface area contributed by atoms with Crippen LogP contribution in [0.25, 0.3) is 0 Å². The number of rotatable bonds is 7. The topological polar surface area (TPSA) is 68.0 Å². The van der Waals surface area contributed by atoms with E-state index >= 15 is 0 Å². The summed E-state index contributed by atoms with van der Waals surface area (Å²) in [5.74, 6) is 0.768. The Morgan fingerprint density at radius 3 is 2.85 bits per heavy atom. The maximum absolute atomic E-state index is 11.8. The number of hydrogen-bond donors (Lipinski definition) is 1. The fraction of sp³-hybridized carbons (Fsp3) is 0.583. The van der Waals surface area contributed by atoms with Crippen LogP contribution in [0.4, 0.5) is 19.1 Å². The molecule has 0 aromatic carbocycles. The van der Waals surface area contributed by atoms with Crippen LogP contribution >= 0.6 is 0 Å². The first kappa shape index (κ1) is 14.5. The van der Waals surface area contributed by atoms with Crippen molar-refractivity contribution in [2.24, 2.45) is 0 Å². The molecule has 8 heteroatoms. The maximum atomic E-state index is 11.8. The molecule has 1 aliphatic carbocycles. The molecule has 0 spiro atoms. The quantitative estimate of drug-likeness (QED) is 0.617. The van der Waals surface area contributed by atoms with Gasteiger partial charge in [-0.1, -0.05) is 0 Å². The molecule has 1 aliphatic rings. The molecule has 0 radical (unpaired) electrons. The largest absolute Gasteiger partial charge is 0.409 e. The fourth-order valence-electron chi connectivity index (χ4n) is 1.54. The molecule has 0 atom stereocenters. The number of halogens is 3. The minimum atomic E-state index is -4.45. The van der Waals surface area contributed by atoms with E-state index in [0.717, 1.165) is 12.8 Å². The Morgan fingerprint density at radius 1 is 1.45 bits per heavy atom. The van der Waals surface area contributed by atoms with Crippen LogP contribution in [0.15, 0.2) is 16.7 Å². The number of ketones is 1. The first-order valence-corrected chi connectivity index (χ1v) is 6.30. The van der Waals surface area contributed by atoms with Crippen LogP contribution in [0, 0.1) is 0 Å². The van der Waals surface area contributed by atoms with Gasteiger partial charge in [-0.2, -0.15) is 18.2 Å². The number of alkyl halides is 3. The number of anilines is 1. The number of allylic oxidation sites excluding steroid dienone is 2. The van der Waals surface area contributed by atoms with Crippen molar-refractivity contribution in [2.75, 3.05) is 11.9 Å². The highest BCUT2D eigenvalue weighted by atomic mass is 19.4. The molecule has 1 aromatic rings. The summed E-state index contributed by atoms with van der Waals surface area (Å²) in [5, 5.41) is 6.58. The van der Waals surface area contributed by atoms with E-state index < -0.39 is 12.0 Å². The van der Waals surface area contributed by atoms with Gasteiger partial charge in [0.25, 0.3) is 5.95 Å². The third-order valence-corrected chi connectivity index (χ3v) is 2.71. The van der Waals surface area contributed by atoms with E-state index in [0.29, 0.717) is 36.8 Å². The zero-order valence-corrected chi connectivity index (χ0v) is 10.6. The number of aromatic nitrogens is 2. The Balaban J connectivity index is 1.63. The van der Waals surface area contributed by atoms with Crippen molar-refractivity contribution in [3.63, 3.8) is 0 Å². The summed E-state index contributed by atoms with van der Waals surface area (Å²) in [6.45, 7) is 0.398. The molecule has 110 valence electrons. The monoisotopic (exact) mass is 289 g/mol. The minimum absolute atomic E-state index is 0.0346. The second-order valence-electron chi connectivity index (χ2n) is 4.60. The molecule has 1 saturated carbocycles. The Morgan fingerprint density at radius 2 is 2.20 bits per heavy atom. The van der Waals surface area contributed by atoms with E-state index in [2.05, 4.69) is 15.5 Å². The molecular formula is C12H14F3N3O2. The average Bonchev–Trinajstić information content (AvgIpc) is 3.11. The first-order chi connectivity index (χ1) is 9.44. The van der Waals surface area contributed by atoms with Gasteiger partial charge in [0, 0.05) is 25.0 Å². The zero-order chi connectivity index (χ0) is 14.6. The van der Waals surface area contributed by atoms with Crippen LogP contribution in [-0.4, -0.2) is 28.6 Å². The van der Waals surface area contributed by atoms with Crippen LogP contribution in [0.1, 0.15) is 37.5 Å². The molecule has 1 aromatic heterocycles. The Bertz CT molecular complexity index is 492. The van der Waals surface area contributed by atoms with Crippen molar-refractivity contribution < 1.29 is 22.5 Å². The van der Waals surface area contributed by atoms with E-state index in [4.69, 9.17) is 4.52 Å². The lowest BCUT2D eigenvalue weighted by molar-refractivity contribution is -0.115. The third-order valence-electron chi connectivity index (χ3n) is 2.71. The van der Waals surface area contributed by atoms with Gasteiger partial charge in [-0.15, -0.1) is 0 Å². The van der Waals surface area contributed by atoms with Gasteiger partial charge in [-0.25, -0.2) is 0 Å². The van der Waals surface area contributed by atoms with Crippen LogP contribution in [-0.2, 0) is 4.79 Å². The summed E-state index contributed by atoms with van der Waals surface area (Å²) < 4.78 is 40.5. The molecule has 0 aliphatic heterocycles. The van der Waals surface area contributed by atoms with Crippen molar-refractivity contribution in [2.45, 2.75) is 37.8 Å². The molecule has 5 nitrogen and oxygen atoms in total. The molecule has 20 heavy (non-hydrogen) atoms. The number of carbonyl (C=O) groups is 1. The van der Waals surface area contributed by atoms with E-state index in [1.165, 1.54) is 0 Å². The van der Waals surface area contributed by atoms with Gasteiger partial charge < -0.3 is 9.84 Å². The Kier molecular flexibility index (Phi) is 4.41. The van der Waals surface area contributed by atoms with Crippen LogP contribution < -0.4 is 5.32 Å². The molecule has 1 N–H and O–H groups in total. The van der Waals surface area contributed by atoms with Crippen LogP contribution in [0.2, 0.25) is 0 Å². The summed E-state index contributed by atoms with van der Waals surface area (Å²) >= 11 is 0. The predicted molar refractivity (Wildman–Crippen MR) is 64.2 cm³/mol. The lowest BCUT2D eigenvalue weighted by Crippen LogP contribution is -2.07. The highest BCUT2D eigenvalue weighted by Gasteiger charge is 2.29. The van der Waals surface area contributed by atoms with Crippen molar-refractivity contribution >= 4 is 11.7 Å². The lowest BCUT2D eigenvalue weighted by Gasteiger charge is -2.00. The highest BCUT2D eigenvalue weighted by molar-refractivity contribution is 5.89. The summed E-state index contributed by atoms with van der Waals surface area (Å²) in [6, 6.07) is 0. The number of carbonyl (C=O) groups excluding carboxylic acids is 1. The number of nitrogens with one attached hydrogen (secondary N) is 1. The zero-order valence-electron chi connectivity index (χ0n) is 10.6. The third kappa shape index (κ3) is 5.02. The van der Waals surface area contributed by atoms with Gasteiger partial charge >= 0.3 is 6.18 Å². The summed E-state index contributed by atoms with van der Waals surface area (Å²) in [6.07, 6.45) is -1.40. The van der Waals surface area contributed by atoms with E-state index in [1.807, 2.05) is 0 Å². The maximum Gasteiger partial charge on any atom is 0.409 e. The van der Waals surface area contributed by atoms with E-state index in [1.54, 1.807) is 0 Å². The van der Waals surface area contributed by atoms with Gasteiger partial charge in [0.2, 0.25) is 5.89 Å². The second kappa shape index (κ2) is 6.06. The summed E-state index contributed by atoms with van der Waals surface area (Å²) in [7, 11) is 0. The molecule has 0 saturated heterocycles. The first-order valence-electron chi connectivity index (χ1n) is 6.30. The minimum Gasteiger partial charge on any atom is -0.352 e. The summed E-state index contributed by atoms with van der Waals surface area (Å²) in [4.78, 5) is 15.3. The molecule has 0 amide bonds. The fourth-order valence-corrected chi connectivity index (χ4v) is 1.54. The van der Waals surface area contributed by atoms with Gasteiger partial charge in [-0.05, 0) is 30.5 Å². The number of hydrogen-bond acceptors (Lipinski definition) is 5. The lowest BCUT2D eigenvalue weighted by atomic mass is 10.2. The predicted octanol–water partition coefficient (Wildman–Crippen LogP) is 2.83. The number of nitrogens with zero attached hydrogens (tertiary/aromatic N) is 2. The van der Waals surface area contributed by atoms with Gasteiger partial charge in [0.15, 0.2) is 5.78 Å². The Hall–Kier alpha value is -1.86. The standard InChI is InChI=1S/C12H14F3N3O2/c13-12(14,15)6-5-9(19)2-1-7-16-11-17-10(20-18-11)8-3-4-8/h5-6,8H,1-4,7H2,(H,16,18)/b6-5+. The smallest absolute Gasteiger partial charge is 0.352 e. The normalized spacial score (nSPS) is 15.8. The molecule has 2 rings (SSSR count). The van der Waals surface area contributed by atoms with Gasteiger partial charge in [0.1, 0.15) is 0 Å². The molecular weight excluding hydrogens is 275 g/mol. The second-order valence-corrected chi connectivity index (χ2v) is 4.60. The van der Waals surface area contributed by atoms with Crippen LogP contribution in [0.5, 0.6) is 0 Å². The van der Waals surface area contributed by atoms with Crippen molar-refractivity contribution in [3.8, 4) is 0 Å². The van der Waals surface area contributed by atoms with Gasteiger partial charge in [0.05, 0.1) is 0 Å². The van der Waals surface area contributed by atoms with Crippen molar-refractivity contribution in [1.29, 1.82) is 0 Å². The Labute approximate surface area is 113 Å². The SMILES string of the molecule is O=C(/C=C/C(F)(F)F)CCCNc1noc(C2CC2)n1. The van der Waals surface area contributed by atoms with E-state index in [9.17, 15) is 18.0 Å².